The molecule has 0 N–H and O–H groups in total. The molecule has 0 spiro atoms. The van der Waals surface area contributed by atoms with E-state index >= 15 is 0 Å². The third-order valence-electron chi connectivity index (χ3n) is 2.91. The highest BCUT2D eigenvalue weighted by atomic mass is 32.2. The molecule has 0 radical (unpaired) electrons. The topological polar surface area (TPSA) is 20.3 Å². The van der Waals surface area contributed by atoms with Crippen molar-refractivity contribution in [3.63, 3.8) is 0 Å². The minimum Gasteiger partial charge on any atom is -0.334 e. The Morgan fingerprint density at radius 3 is 3.00 bits per heavy atom. The molecule has 4 heteroatoms. The molecule has 0 aliphatic carbocycles. The SMILES string of the molecule is CC1SCCN(C(=O)c2ccsc2)C1C. The number of hydrogen-bond donors (Lipinski definition) is 0. The lowest BCUT2D eigenvalue weighted by molar-refractivity contribution is 0.0699. The zero-order valence-electron chi connectivity index (χ0n) is 8.97. The van der Waals surface area contributed by atoms with Gasteiger partial charge in [0.15, 0.2) is 0 Å². The van der Waals surface area contributed by atoms with Crippen LogP contribution in [0.1, 0.15) is 24.2 Å². The molecular weight excluding hydrogens is 226 g/mol. The van der Waals surface area contributed by atoms with Crippen LogP contribution in [0.25, 0.3) is 0 Å². The Morgan fingerprint density at radius 2 is 2.33 bits per heavy atom. The number of hydrogen-bond acceptors (Lipinski definition) is 3. The summed E-state index contributed by atoms with van der Waals surface area (Å²) >= 11 is 3.53. The lowest BCUT2D eigenvalue weighted by Gasteiger charge is -2.37. The average Bonchev–Trinajstić information content (AvgIpc) is 2.74. The molecule has 0 saturated carbocycles. The van der Waals surface area contributed by atoms with Gasteiger partial charge in [0.25, 0.3) is 5.91 Å². The van der Waals surface area contributed by atoms with E-state index in [9.17, 15) is 4.79 Å². The second-order valence-corrected chi connectivity index (χ2v) is 6.09. The molecule has 2 heterocycles. The average molecular weight is 241 g/mol. The first kappa shape index (κ1) is 11.0. The zero-order chi connectivity index (χ0) is 10.8. The lowest BCUT2D eigenvalue weighted by atomic mass is 10.1. The van der Waals surface area contributed by atoms with Gasteiger partial charge in [0.05, 0.1) is 5.56 Å². The minimum atomic E-state index is 0.191. The van der Waals surface area contributed by atoms with Crippen molar-refractivity contribution >= 4 is 29.0 Å². The van der Waals surface area contributed by atoms with Crippen LogP contribution < -0.4 is 0 Å². The zero-order valence-corrected chi connectivity index (χ0v) is 10.6. The van der Waals surface area contributed by atoms with Gasteiger partial charge in [-0.25, -0.2) is 0 Å². The minimum absolute atomic E-state index is 0.191. The number of thioether (sulfide) groups is 1. The molecule has 82 valence electrons. The third kappa shape index (κ3) is 2.21. The van der Waals surface area contributed by atoms with Crippen LogP contribution in [-0.2, 0) is 0 Å². The summed E-state index contributed by atoms with van der Waals surface area (Å²) in [6.45, 7) is 5.22. The number of amides is 1. The van der Waals surface area contributed by atoms with Gasteiger partial charge in [-0.3, -0.25) is 4.79 Å². The van der Waals surface area contributed by atoms with E-state index in [4.69, 9.17) is 0 Å². The molecule has 2 atom stereocenters. The molecule has 0 aromatic carbocycles. The maximum atomic E-state index is 12.1. The summed E-state index contributed by atoms with van der Waals surface area (Å²) in [7, 11) is 0. The summed E-state index contributed by atoms with van der Waals surface area (Å²) < 4.78 is 0. The van der Waals surface area contributed by atoms with Crippen LogP contribution in [0.3, 0.4) is 0 Å². The smallest absolute Gasteiger partial charge is 0.255 e. The van der Waals surface area contributed by atoms with E-state index < -0.39 is 0 Å². The highest BCUT2D eigenvalue weighted by Crippen LogP contribution is 2.25. The standard InChI is InChI=1S/C11H15NOS2/c1-8-9(2)15-6-4-12(8)11(13)10-3-5-14-7-10/h3,5,7-9H,4,6H2,1-2H3. The Bertz CT molecular complexity index is 336. The molecule has 1 amide bonds. The monoisotopic (exact) mass is 241 g/mol. The van der Waals surface area contributed by atoms with Gasteiger partial charge >= 0.3 is 0 Å². The van der Waals surface area contributed by atoms with Gasteiger partial charge in [0, 0.05) is 29.0 Å². The fourth-order valence-corrected chi connectivity index (χ4v) is 3.50. The quantitative estimate of drug-likeness (QED) is 0.753. The van der Waals surface area contributed by atoms with Crippen molar-refractivity contribution in [3.05, 3.63) is 22.4 Å². The second kappa shape index (κ2) is 4.58. The van der Waals surface area contributed by atoms with E-state index in [1.165, 1.54) is 0 Å². The number of carbonyl (C=O) groups is 1. The predicted octanol–water partition coefficient (Wildman–Crippen LogP) is 2.71. The number of nitrogens with zero attached hydrogens (tertiary/aromatic N) is 1. The number of rotatable bonds is 1. The summed E-state index contributed by atoms with van der Waals surface area (Å²) in [4.78, 5) is 14.1. The van der Waals surface area contributed by atoms with Crippen LogP contribution in [0.2, 0.25) is 0 Å². The van der Waals surface area contributed by atoms with Gasteiger partial charge in [-0.2, -0.15) is 23.1 Å². The summed E-state index contributed by atoms with van der Waals surface area (Å²) in [6, 6.07) is 2.25. The first-order chi connectivity index (χ1) is 7.20. The Hall–Kier alpha value is -0.480. The van der Waals surface area contributed by atoms with Crippen LogP contribution in [0.4, 0.5) is 0 Å². The summed E-state index contributed by atoms with van der Waals surface area (Å²) in [5.74, 6) is 1.25. The molecule has 1 aromatic heterocycles. The van der Waals surface area contributed by atoms with E-state index in [0.717, 1.165) is 17.9 Å². The fourth-order valence-electron chi connectivity index (χ4n) is 1.77. The largest absolute Gasteiger partial charge is 0.334 e. The van der Waals surface area contributed by atoms with Crippen LogP contribution >= 0.6 is 23.1 Å². The van der Waals surface area contributed by atoms with E-state index in [1.807, 2.05) is 33.5 Å². The second-order valence-electron chi connectivity index (χ2n) is 3.83. The van der Waals surface area contributed by atoms with Crippen LogP contribution in [0.15, 0.2) is 16.8 Å². The lowest BCUT2D eigenvalue weighted by Crippen LogP contribution is -2.47. The fraction of sp³-hybridized carbons (Fsp3) is 0.545. The van der Waals surface area contributed by atoms with Crippen LogP contribution in [0, 0.1) is 0 Å². The van der Waals surface area contributed by atoms with E-state index in [2.05, 4.69) is 13.8 Å². The molecule has 1 aliphatic rings. The molecule has 2 rings (SSSR count). The van der Waals surface area contributed by atoms with E-state index in [1.54, 1.807) is 11.3 Å². The molecule has 15 heavy (non-hydrogen) atoms. The van der Waals surface area contributed by atoms with E-state index in [0.29, 0.717) is 11.3 Å². The molecular formula is C11H15NOS2. The van der Waals surface area contributed by atoms with Crippen LogP contribution in [-0.4, -0.2) is 34.4 Å². The first-order valence-electron chi connectivity index (χ1n) is 5.15. The summed E-state index contributed by atoms with van der Waals surface area (Å²) in [6.07, 6.45) is 0. The van der Waals surface area contributed by atoms with Gasteiger partial charge < -0.3 is 4.90 Å². The highest BCUT2D eigenvalue weighted by molar-refractivity contribution is 8.00. The molecule has 1 aliphatic heterocycles. The molecule has 1 aromatic rings. The predicted molar refractivity (Wildman–Crippen MR) is 66.7 cm³/mol. The maximum absolute atomic E-state index is 12.1. The normalized spacial score (nSPS) is 26.7. The third-order valence-corrected chi connectivity index (χ3v) is 4.93. The Kier molecular flexibility index (Phi) is 3.36. The molecule has 2 unspecified atom stereocenters. The van der Waals surface area contributed by atoms with Crippen molar-refractivity contribution in [1.82, 2.24) is 4.90 Å². The Morgan fingerprint density at radius 1 is 1.53 bits per heavy atom. The molecule has 0 bridgehead atoms. The maximum Gasteiger partial charge on any atom is 0.255 e. The molecule has 1 saturated heterocycles. The van der Waals surface area contributed by atoms with Gasteiger partial charge in [0.2, 0.25) is 0 Å². The van der Waals surface area contributed by atoms with Crippen molar-refractivity contribution in [3.8, 4) is 0 Å². The Labute approximate surface area is 98.7 Å². The van der Waals surface area contributed by atoms with Gasteiger partial charge in [-0.1, -0.05) is 6.92 Å². The number of thiophene rings is 1. The van der Waals surface area contributed by atoms with Gasteiger partial charge in [-0.05, 0) is 18.4 Å². The highest BCUT2D eigenvalue weighted by Gasteiger charge is 2.29. The number of carbonyl (C=O) groups excluding carboxylic acids is 1. The molecule has 2 nitrogen and oxygen atoms in total. The first-order valence-corrected chi connectivity index (χ1v) is 7.14. The van der Waals surface area contributed by atoms with Crippen molar-refractivity contribution in [1.29, 1.82) is 0 Å². The van der Waals surface area contributed by atoms with Crippen molar-refractivity contribution in [2.24, 2.45) is 0 Å². The van der Waals surface area contributed by atoms with Crippen molar-refractivity contribution in [2.75, 3.05) is 12.3 Å². The molecule has 1 fully saturated rings. The summed E-state index contributed by atoms with van der Waals surface area (Å²) in [5.41, 5.74) is 0.839. The van der Waals surface area contributed by atoms with E-state index in [-0.39, 0.29) is 5.91 Å². The van der Waals surface area contributed by atoms with Crippen molar-refractivity contribution in [2.45, 2.75) is 25.1 Å². The summed E-state index contributed by atoms with van der Waals surface area (Å²) in [5, 5.41) is 4.43. The van der Waals surface area contributed by atoms with Gasteiger partial charge in [-0.15, -0.1) is 0 Å². The Balaban J connectivity index is 2.13. The van der Waals surface area contributed by atoms with Crippen molar-refractivity contribution < 1.29 is 4.79 Å². The van der Waals surface area contributed by atoms with Crippen LogP contribution in [0.5, 0.6) is 0 Å². The van der Waals surface area contributed by atoms with Gasteiger partial charge in [0.1, 0.15) is 0 Å².